The number of aromatic nitrogens is 2. The zero-order valence-corrected chi connectivity index (χ0v) is 13.7. The van der Waals surface area contributed by atoms with E-state index in [1.165, 1.54) is 6.07 Å². The Bertz CT molecular complexity index is 981. The van der Waals surface area contributed by atoms with Crippen LogP contribution in [-0.2, 0) is 0 Å². The van der Waals surface area contributed by atoms with Crippen LogP contribution in [0.4, 0.5) is 0 Å². The number of piperidine rings is 1. The fourth-order valence-electron chi connectivity index (χ4n) is 3.59. The first-order valence-electron chi connectivity index (χ1n) is 8.41. The van der Waals surface area contributed by atoms with Gasteiger partial charge in [-0.25, -0.2) is 4.79 Å². The number of aromatic amines is 1. The Hall–Kier alpha value is -3.02. The van der Waals surface area contributed by atoms with Crippen LogP contribution in [0.1, 0.15) is 29.2 Å². The summed E-state index contributed by atoms with van der Waals surface area (Å²) in [6.07, 6.45) is 1.46. The van der Waals surface area contributed by atoms with E-state index >= 15 is 0 Å². The van der Waals surface area contributed by atoms with Crippen LogP contribution in [0.3, 0.4) is 0 Å². The summed E-state index contributed by atoms with van der Waals surface area (Å²) in [7, 11) is 0. The van der Waals surface area contributed by atoms with Crippen molar-refractivity contribution < 1.29 is 9.90 Å². The molecule has 0 radical (unpaired) electrons. The van der Waals surface area contributed by atoms with E-state index in [1.807, 2.05) is 28.8 Å². The number of rotatable bonds is 2. The van der Waals surface area contributed by atoms with Crippen molar-refractivity contribution in [1.82, 2.24) is 14.5 Å². The van der Waals surface area contributed by atoms with Gasteiger partial charge in [-0.15, -0.1) is 0 Å². The van der Waals surface area contributed by atoms with Crippen molar-refractivity contribution in [3.63, 3.8) is 0 Å². The topological polar surface area (TPSA) is 78.3 Å². The summed E-state index contributed by atoms with van der Waals surface area (Å²) in [4.78, 5) is 29.5. The number of carbonyl (C=O) groups excluding carboxylic acids is 1. The number of aromatic hydroxyl groups is 1. The van der Waals surface area contributed by atoms with Gasteiger partial charge in [0.15, 0.2) is 0 Å². The van der Waals surface area contributed by atoms with E-state index in [0.717, 1.165) is 23.9 Å². The molecule has 0 unspecified atom stereocenters. The third-order valence-corrected chi connectivity index (χ3v) is 4.83. The van der Waals surface area contributed by atoms with E-state index in [0.29, 0.717) is 18.7 Å². The first kappa shape index (κ1) is 15.5. The molecule has 0 spiro atoms. The zero-order chi connectivity index (χ0) is 17.4. The minimum atomic E-state index is -0.0982. The Morgan fingerprint density at radius 1 is 1.08 bits per heavy atom. The molecule has 1 amide bonds. The molecule has 2 heterocycles. The summed E-state index contributed by atoms with van der Waals surface area (Å²) < 4.78 is 1.81. The fourth-order valence-corrected chi connectivity index (χ4v) is 3.59. The summed E-state index contributed by atoms with van der Waals surface area (Å²) in [6, 6.07) is 14.2. The number of para-hydroxylation sites is 2. The molecular formula is C19H19N3O3. The number of nitrogens with zero attached hydrogens (tertiary/aromatic N) is 2. The van der Waals surface area contributed by atoms with Crippen molar-refractivity contribution in [2.24, 2.45) is 0 Å². The minimum Gasteiger partial charge on any atom is -0.508 e. The highest BCUT2D eigenvalue weighted by atomic mass is 16.3. The van der Waals surface area contributed by atoms with Gasteiger partial charge in [0.25, 0.3) is 5.91 Å². The highest BCUT2D eigenvalue weighted by molar-refractivity contribution is 5.94. The van der Waals surface area contributed by atoms with Gasteiger partial charge in [0, 0.05) is 24.7 Å². The second kappa shape index (κ2) is 6.12. The van der Waals surface area contributed by atoms with E-state index in [2.05, 4.69) is 4.98 Å². The van der Waals surface area contributed by atoms with Gasteiger partial charge < -0.3 is 15.0 Å². The monoisotopic (exact) mass is 337 g/mol. The Morgan fingerprint density at radius 3 is 2.60 bits per heavy atom. The Balaban J connectivity index is 1.52. The summed E-state index contributed by atoms with van der Waals surface area (Å²) in [5, 5.41) is 9.55. The molecule has 25 heavy (non-hydrogen) atoms. The van der Waals surface area contributed by atoms with Gasteiger partial charge in [-0.2, -0.15) is 0 Å². The van der Waals surface area contributed by atoms with Gasteiger partial charge in [-0.05, 0) is 43.2 Å². The van der Waals surface area contributed by atoms with Crippen LogP contribution < -0.4 is 5.69 Å². The molecule has 1 aromatic heterocycles. The average molecular weight is 337 g/mol. The molecular weight excluding hydrogens is 318 g/mol. The maximum atomic E-state index is 12.6. The fraction of sp³-hybridized carbons (Fsp3) is 0.263. The van der Waals surface area contributed by atoms with Crippen LogP contribution >= 0.6 is 0 Å². The van der Waals surface area contributed by atoms with Crippen LogP contribution in [-0.4, -0.2) is 38.6 Å². The highest BCUT2D eigenvalue weighted by Gasteiger charge is 2.26. The number of phenolic OH excluding ortho intramolecular Hbond substituents is 1. The summed E-state index contributed by atoms with van der Waals surface area (Å²) >= 11 is 0. The van der Waals surface area contributed by atoms with E-state index in [-0.39, 0.29) is 23.4 Å². The number of imidazole rings is 1. The molecule has 0 saturated carbocycles. The number of hydrogen-bond donors (Lipinski definition) is 2. The molecule has 0 bridgehead atoms. The van der Waals surface area contributed by atoms with Crippen molar-refractivity contribution in [2.75, 3.05) is 13.1 Å². The molecule has 0 aliphatic carbocycles. The number of H-pyrrole nitrogens is 1. The van der Waals surface area contributed by atoms with Gasteiger partial charge in [0.05, 0.1) is 11.0 Å². The molecule has 3 aromatic rings. The maximum Gasteiger partial charge on any atom is 0.326 e. The van der Waals surface area contributed by atoms with Crippen molar-refractivity contribution in [3.05, 3.63) is 64.6 Å². The molecule has 1 aliphatic heterocycles. The number of carbonyl (C=O) groups is 1. The zero-order valence-electron chi connectivity index (χ0n) is 13.7. The molecule has 6 nitrogen and oxygen atoms in total. The van der Waals surface area contributed by atoms with Crippen molar-refractivity contribution in [2.45, 2.75) is 18.9 Å². The van der Waals surface area contributed by atoms with Gasteiger partial charge in [0.1, 0.15) is 5.75 Å². The van der Waals surface area contributed by atoms with Crippen LogP contribution in [0.25, 0.3) is 11.0 Å². The van der Waals surface area contributed by atoms with Gasteiger partial charge >= 0.3 is 5.69 Å². The summed E-state index contributed by atoms with van der Waals surface area (Å²) in [6.45, 7) is 1.18. The molecule has 0 atom stereocenters. The number of hydrogen-bond acceptors (Lipinski definition) is 3. The Kier molecular flexibility index (Phi) is 3.80. The minimum absolute atomic E-state index is 0.0804. The normalized spacial score (nSPS) is 15.6. The van der Waals surface area contributed by atoms with Crippen LogP contribution in [0.15, 0.2) is 53.3 Å². The molecule has 1 saturated heterocycles. The smallest absolute Gasteiger partial charge is 0.326 e. The lowest BCUT2D eigenvalue weighted by Crippen LogP contribution is -2.40. The number of fused-ring (bicyclic) bond motifs is 1. The molecule has 4 rings (SSSR count). The number of amides is 1. The summed E-state index contributed by atoms with van der Waals surface area (Å²) in [5.74, 6) is 0.00621. The van der Waals surface area contributed by atoms with E-state index in [1.54, 1.807) is 23.1 Å². The SMILES string of the molecule is O=C(c1cccc(O)c1)N1CCC(n2c(=O)[nH]c3ccccc32)CC1. The summed E-state index contributed by atoms with van der Waals surface area (Å²) in [5.41, 5.74) is 2.14. The predicted octanol–water partition coefficient (Wildman–Crippen LogP) is 2.51. The third kappa shape index (κ3) is 2.80. The highest BCUT2D eigenvalue weighted by Crippen LogP contribution is 2.26. The van der Waals surface area contributed by atoms with E-state index in [9.17, 15) is 14.7 Å². The predicted molar refractivity (Wildman–Crippen MR) is 94.8 cm³/mol. The number of nitrogens with one attached hydrogen (secondary N) is 1. The van der Waals surface area contributed by atoms with E-state index < -0.39 is 0 Å². The quantitative estimate of drug-likeness (QED) is 0.754. The average Bonchev–Trinajstić information content (AvgIpc) is 2.97. The van der Waals surface area contributed by atoms with Crippen LogP contribution in [0, 0.1) is 0 Å². The van der Waals surface area contributed by atoms with Gasteiger partial charge in [0.2, 0.25) is 0 Å². The van der Waals surface area contributed by atoms with Gasteiger partial charge in [-0.3, -0.25) is 9.36 Å². The van der Waals surface area contributed by atoms with Gasteiger partial charge in [-0.1, -0.05) is 18.2 Å². The number of likely N-dealkylation sites (tertiary alicyclic amines) is 1. The second-order valence-corrected chi connectivity index (χ2v) is 6.39. The lowest BCUT2D eigenvalue weighted by atomic mass is 10.0. The second-order valence-electron chi connectivity index (χ2n) is 6.39. The molecule has 1 fully saturated rings. The lowest BCUT2D eigenvalue weighted by Gasteiger charge is -2.32. The molecule has 6 heteroatoms. The van der Waals surface area contributed by atoms with Crippen LogP contribution in [0.5, 0.6) is 5.75 Å². The number of phenols is 1. The molecule has 1 aliphatic rings. The molecule has 128 valence electrons. The van der Waals surface area contributed by atoms with Crippen molar-refractivity contribution in [1.29, 1.82) is 0 Å². The largest absolute Gasteiger partial charge is 0.508 e. The van der Waals surface area contributed by atoms with Crippen molar-refractivity contribution >= 4 is 16.9 Å². The molecule has 2 aromatic carbocycles. The van der Waals surface area contributed by atoms with E-state index in [4.69, 9.17) is 0 Å². The third-order valence-electron chi connectivity index (χ3n) is 4.83. The molecule has 2 N–H and O–H groups in total. The lowest BCUT2D eigenvalue weighted by molar-refractivity contribution is 0.0694. The first-order valence-corrected chi connectivity index (χ1v) is 8.41. The number of benzene rings is 2. The standard InChI is InChI=1S/C19H19N3O3/c23-15-5-3-4-13(12-15)18(24)21-10-8-14(9-11-21)22-17-7-2-1-6-16(17)20-19(22)25/h1-7,12,14,23H,8-11H2,(H,20,25). The first-order chi connectivity index (χ1) is 12.1. The maximum absolute atomic E-state index is 12.6. The Labute approximate surface area is 144 Å². The van der Waals surface area contributed by atoms with Crippen LogP contribution in [0.2, 0.25) is 0 Å². The Morgan fingerprint density at radius 2 is 1.84 bits per heavy atom. The van der Waals surface area contributed by atoms with Crippen molar-refractivity contribution in [3.8, 4) is 5.75 Å².